The second-order valence-electron chi connectivity index (χ2n) is 5.42. The molecule has 0 spiro atoms. The summed E-state index contributed by atoms with van der Waals surface area (Å²) in [6.07, 6.45) is 2.92. The Labute approximate surface area is 114 Å². The maximum Gasteiger partial charge on any atom is 0.316 e. The van der Waals surface area contributed by atoms with Crippen LogP contribution in [0, 0.1) is 0 Å². The van der Waals surface area contributed by atoms with Crippen molar-refractivity contribution in [1.82, 2.24) is 0 Å². The van der Waals surface area contributed by atoms with E-state index in [1.165, 1.54) is 18.4 Å². The number of esters is 1. The van der Waals surface area contributed by atoms with Crippen LogP contribution in [0.25, 0.3) is 0 Å². The lowest BCUT2D eigenvalue weighted by Crippen LogP contribution is -2.35. The van der Waals surface area contributed by atoms with Crippen molar-refractivity contribution in [2.45, 2.75) is 44.4 Å². The van der Waals surface area contributed by atoms with Gasteiger partial charge in [0.05, 0.1) is 12.0 Å². The lowest BCUT2D eigenvalue weighted by atomic mass is 9.79. The number of aliphatic hydroxyl groups is 1. The Morgan fingerprint density at radius 3 is 2.47 bits per heavy atom. The number of rotatable bonds is 6. The molecule has 0 amide bonds. The molecule has 1 aliphatic carbocycles. The minimum Gasteiger partial charge on any atom is -0.465 e. The number of carbonyl (C=O) groups is 1. The van der Waals surface area contributed by atoms with Gasteiger partial charge < -0.3 is 9.84 Å². The third kappa shape index (κ3) is 2.98. The average Bonchev–Trinajstić information content (AvgIpc) is 3.24. The van der Waals surface area contributed by atoms with Gasteiger partial charge in [-0.1, -0.05) is 24.3 Å². The van der Waals surface area contributed by atoms with Gasteiger partial charge in [-0.05, 0) is 50.2 Å². The van der Waals surface area contributed by atoms with E-state index >= 15 is 0 Å². The Bertz CT molecular complexity index is 434. The fourth-order valence-corrected chi connectivity index (χ4v) is 2.42. The fourth-order valence-electron chi connectivity index (χ4n) is 2.42. The highest BCUT2D eigenvalue weighted by atomic mass is 16.5. The summed E-state index contributed by atoms with van der Waals surface area (Å²) in [5, 5.41) is 9.23. The first kappa shape index (κ1) is 14.1. The van der Waals surface area contributed by atoms with Gasteiger partial charge in [0, 0.05) is 6.61 Å². The van der Waals surface area contributed by atoms with Crippen LogP contribution in [-0.4, -0.2) is 24.3 Å². The summed E-state index contributed by atoms with van der Waals surface area (Å²) < 4.78 is 5.15. The number of ether oxygens (including phenoxy) is 1. The van der Waals surface area contributed by atoms with E-state index in [1.807, 2.05) is 19.1 Å². The smallest absolute Gasteiger partial charge is 0.316 e. The Hall–Kier alpha value is -1.35. The summed E-state index contributed by atoms with van der Waals surface area (Å²) >= 11 is 0. The van der Waals surface area contributed by atoms with E-state index in [1.54, 1.807) is 6.92 Å². The summed E-state index contributed by atoms with van der Waals surface area (Å²) in [6.45, 7) is 3.97. The number of hydrogen-bond acceptors (Lipinski definition) is 3. The van der Waals surface area contributed by atoms with E-state index in [0.29, 0.717) is 18.9 Å². The molecule has 1 aromatic rings. The van der Waals surface area contributed by atoms with E-state index < -0.39 is 5.41 Å². The quantitative estimate of drug-likeness (QED) is 0.802. The van der Waals surface area contributed by atoms with Crippen molar-refractivity contribution in [3.63, 3.8) is 0 Å². The average molecular weight is 262 g/mol. The maximum absolute atomic E-state index is 12.2. The Kier molecular flexibility index (Phi) is 4.25. The van der Waals surface area contributed by atoms with Crippen LogP contribution in [0.4, 0.5) is 0 Å². The molecule has 1 atom stereocenters. The molecule has 0 saturated heterocycles. The topological polar surface area (TPSA) is 46.5 Å². The van der Waals surface area contributed by atoms with Crippen molar-refractivity contribution in [2.75, 3.05) is 13.2 Å². The van der Waals surface area contributed by atoms with Crippen LogP contribution in [0.5, 0.6) is 0 Å². The second-order valence-corrected chi connectivity index (χ2v) is 5.42. The van der Waals surface area contributed by atoms with Crippen molar-refractivity contribution in [2.24, 2.45) is 0 Å². The molecule has 1 aromatic carbocycles. The standard InChI is InChI=1S/C16H22O3/c1-3-19-15(18)16(2,10-11-17)14-8-6-13(7-9-14)12-4-5-12/h6-9,12,17H,3-5,10-11H2,1-2H3. The van der Waals surface area contributed by atoms with Crippen LogP contribution in [0.2, 0.25) is 0 Å². The van der Waals surface area contributed by atoms with E-state index in [-0.39, 0.29) is 12.6 Å². The number of carbonyl (C=O) groups excluding carboxylic acids is 1. The van der Waals surface area contributed by atoms with Gasteiger partial charge in [0.25, 0.3) is 0 Å². The minimum atomic E-state index is -0.757. The van der Waals surface area contributed by atoms with Crippen molar-refractivity contribution < 1.29 is 14.6 Å². The minimum absolute atomic E-state index is 0.0281. The summed E-state index contributed by atoms with van der Waals surface area (Å²) in [7, 11) is 0. The zero-order chi connectivity index (χ0) is 13.9. The number of benzene rings is 1. The number of aliphatic hydroxyl groups excluding tert-OH is 1. The van der Waals surface area contributed by atoms with Crippen LogP contribution in [0.15, 0.2) is 24.3 Å². The van der Waals surface area contributed by atoms with E-state index in [9.17, 15) is 9.90 Å². The summed E-state index contributed by atoms with van der Waals surface area (Å²) in [6, 6.07) is 8.20. The van der Waals surface area contributed by atoms with Crippen molar-refractivity contribution in [1.29, 1.82) is 0 Å². The molecular formula is C16H22O3. The summed E-state index contributed by atoms with van der Waals surface area (Å²) in [5.74, 6) is 0.448. The van der Waals surface area contributed by atoms with Gasteiger partial charge in [-0.3, -0.25) is 4.79 Å². The van der Waals surface area contributed by atoms with Gasteiger partial charge in [0.1, 0.15) is 0 Å². The van der Waals surface area contributed by atoms with E-state index in [2.05, 4.69) is 12.1 Å². The van der Waals surface area contributed by atoms with E-state index in [0.717, 1.165) is 5.56 Å². The Morgan fingerprint density at radius 1 is 1.37 bits per heavy atom. The van der Waals surface area contributed by atoms with Crippen LogP contribution < -0.4 is 0 Å². The molecular weight excluding hydrogens is 240 g/mol. The van der Waals surface area contributed by atoms with Gasteiger partial charge >= 0.3 is 5.97 Å². The highest BCUT2D eigenvalue weighted by molar-refractivity contribution is 5.82. The molecule has 104 valence electrons. The molecule has 1 unspecified atom stereocenters. The molecule has 0 heterocycles. The molecule has 0 aromatic heterocycles. The summed E-state index contributed by atoms with van der Waals surface area (Å²) in [4.78, 5) is 12.2. The van der Waals surface area contributed by atoms with Crippen LogP contribution in [0.1, 0.15) is 50.2 Å². The fraction of sp³-hybridized carbons (Fsp3) is 0.562. The number of hydrogen-bond donors (Lipinski definition) is 1. The molecule has 2 rings (SSSR count). The highest BCUT2D eigenvalue weighted by Gasteiger charge is 2.36. The molecule has 1 fully saturated rings. The van der Waals surface area contributed by atoms with E-state index in [4.69, 9.17) is 4.74 Å². The van der Waals surface area contributed by atoms with Crippen molar-refractivity contribution in [3.8, 4) is 0 Å². The third-order valence-corrected chi connectivity index (χ3v) is 3.93. The highest BCUT2D eigenvalue weighted by Crippen LogP contribution is 2.40. The normalized spacial score (nSPS) is 17.8. The third-order valence-electron chi connectivity index (χ3n) is 3.93. The molecule has 0 aliphatic heterocycles. The summed E-state index contributed by atoms with van der Waals surface area (Å²) in [5.41, 5.74) is 1.51. The van der Waals surface area contributed by atoms with Crippen LogP contribution in [-0.2, 0) is 14.9 Å². The molecule has 1 saturated carbocycles. The second kappa shape index (κ2) is 5.74. The Morgan fingerprint density at radius 2 is 2.00 bits per heavy atom. The Balaban J connectivity index is 2.23. The largest absolute Gasteiger partial charge is 0.465 e. The SMILES string of the molecule is CCOC(=O)C(C)(CCO)c1ccc(C2CC2)cc1. The molecule has 1 aliphatic rings. The zero-order valence-corrected chi connectivity index (χ0v) is 11.7. The maximum atomic E-state index is 12.2. The van der Waals surface area contributed by atoms with Gasteiger partial charge in [0.15, 0.2) is 0 Å². The van der Waals surface area contributed by atoms with Crippen molar-refractivity contribution >= 4 is 5.97 Å². The lowest BCUT2D eigenvalue weighted by molar-refractivity contribution is -0.150. The van der Waals surface area contributed by atoms with Gasteiger partial charge in [-0.25, -0.2) is 0 Å². The predicted molar refractivity (Wildman–Crippen MR) is 74.1 cm³/mol. The van der Waals surface area contributed by atoms with Crippen molar-refractivity contribution in [3.05, 3.63) is 35.4 Å². The first-order valence-electron chi connectivity index (χ1n) is 7.00. The molecule has 3 nitrogen and oxygen atoms in total. The van der Waals surface area contributed by atoms with Crippen LogP contribution in [0.3, 0.4) is 0 Å². The monoisotopic (exact) mass is 262 g/mol. The first-order chi connectivity index (χ1) is 9.11. The predicted octanol–water partition coefficient (Wildman–Crippen LogP) is 2.77. The zero-order valence-electron chi connectivity index (χ0n) is 11.7. The molecule has 1 N–H and O–H groups in total. The molecule has 0 bridgehead atoms. The molecule has 0 radical (unpaired) electrons. The molecule has 19 heavy (non-hydrogen) atoms. The lowest BCUT2D eigenvalue weighted by Gasteiger charge is -2.27. The van der Waals surface area contributed by atoms with Gasteiger partial charge in [-0.15, -0.1) is 0 Å². The first-order valence-corrected chi connectivity index (χ1v) is 7.00. The van der Waals surface area contributed by atoms with Gasteiger partial charge in [0.2, 0.25) is 0 Å². The van der Waals surface area contributed by atoms with Gasteiger partial charge in [-0.2, -0.15) is 0 Å². The van der Waals surface area contributed by atoms with Crippen LogP contribution >= 0.6 is 0 Å². The molecule has 3 heteroatoms.